The first-order valence-corrected chi connectivity index (χ1v) is 11.0. The van der Waals surface area contributed by atoms with Gasteiger partial charge in [0.25, 0.3) is 0 Å². The van der Waals surface area contributed by atoms with Crippen molar-refractivity contribution < 1.29 is 14.3 Å². The molecular formula is C25H21ClFN3O2S. The summed E-state index contributed by atoms with van der Waals surface area (Å²) in [7, 11) is 1.75. The highest BCUT2D eigenvalue weighted by atomic mass is 35.5. The molecule has 0 atom stereocenters. The van der Waals surface area contributed by atoms with Gasteiger partial charge in [-0.3, -0.25) is 4.79 Å². The molecule has 168 valence electrons. The second-order valence-corrected chi connectivity index (χ2v) is 8.82. The van der Waals surface area contributed by atoms with Crippen LogP contribution in [0.2, 0.25) is 0 Å². The van der Waals surface area contributed by atoms with E-state index < -0.39 is 11.8 Å². The predicted octanol–water partition coefficient (Wildman–Crippen LogP) is 5.69. The minimum atomic E-state index is -0.884. The highest BCUT2D eigenvalue weighted by molar-refractivity contribution is 7.21. The second kappa shape index (κ2) is 8.92. The van der Waals surface area contributed by atoms with Gasteiger partial charge in [-0.2, -0.15) is 0 Å². The number of allylic oxidation sites excluding steroid dienone is 2. The summed E-state index contributed by atoms with van der Waals surface area (Å²) in [5.41, 5.74) is 3.60. The maximum Gasteiger partial charge on any atom is 0.305 e. The number of carboxylic acids is 1. The number of nitrogens with zero attached hydrogens (tertiary/aromatic N) is 3. The second-order valence-electron chi connectivity index (χ2n) is 7.84. The molecule has 0 fully saturated rings. The van der Waals surface area contributed by atoms with E-state index >= 15 is 0 Å². The third-order valence-electron chi connectivity index (χ3n) is 5.72. The van der Waals surface area contributed by atoms with Crippen molar-refractivity contribution >= 4 is 45.7 Å². The van der Waals surface area contributed by atoms with Crippen LogP contribution in [0.15, 0.2) is 72.8 Å². The number of thiazole rings is 1. The number of pyridine rings is 1. The number of fused-ring (bicyclic) bond motifs is 1. The zero-order chi connectivity index (χ0) is 22.3. The van der Waals surface area contributed by atoms with Crippen molar-refractivity contribution in [1.29, 1.82) is 0 Å². The van der Waals surface area contributed by atoms with Crippen molar-refractivity contribution in [2.45, 2.75) is 11.8 Å². The van der Waals surface area contributed by atoms with Gasteiger partial charge in [0.2, 0.25) is 0 Å². The first-order chi connectivity index (χ1) is 15.5. The standard InChI is InChI=1S/C25H20FN3O2S.ClH/c1-29(14-11-22(30)31)17-7-8-18(19(26)15-17)23-27-20-9-10-21(28-24(20)32-23)25(12-13-25)16-5-3-2-4-6-16;/h2-10,12-13,15H,11,14H2,1H3,(H,30,31);1H. The first kappa shape index (κ1) is 22.9. The lowest BCUT2D eigenvalue weighted by Gasteiger charge is -2.18. The fourth-order valence-electron chi connectivity index (χ4n) is 3.78. The van der Waals surface area contributed by atoms with E-state index in [1.54, 1.807) is 24.1 Å². The highest BCUT2D eigenvalue weighted by Crippen LogP contribution is 2.45. The van der Waals surface area contributed by atoms with Gasteiger partial charge in [-0.05, 0) is 35.9 Å². The van der Waals surface area contributed by atoms with Gasteiger partial charge in [-0.25, -0.2) is 14.4 Å². The molecule has 0 amide bonds. The smallest absolute Gasteiger partial charge is 0.305 e. The maximum absolute atomic E-state index is 14.9. The summed E-state index contributed by atoms with van der Waals surface area (Å²) < 4.78 is 14.9. The summed E-state index contributed by atoms with van der Waals surface area (Å²) in [6.45, 7) is 0.305. The lowest BCUT2D eigenvalue weighted by atomic mass is 9.89. The summed E-state index contributed by atoms with van der Waals surface area (Å²) >= 11 is 1.36. The maximum atomic E-state index is 14.9. The van der Waals surface area contributed by atoms with E-state index in [1.807, 2.05) is 30.3 Å². The number of benzene rings is 2. The predicted molar refractivity (Wildman–Crippen MR) is 132 cm³/mol. The lowest BCUT2D eigenvalue weighted by molar-refractivity contribution is -0.136. The molecule has 33 heavy (non-hydrogen) atoms. The number of anilines is 1. The third kappa shape index (κ3) is 4.34. The highest BCUT2D eigenvalue weighted by Gasteiger charge is 2.39. The number of carboxylic acid groups (broad SMARTS) is 1. The van der Waals surface area contributed by atoms with Crippen LogP contribution in [0.1, 0.15) is 17.7 Å². The van der Waals surface area contributed by atoms with Crippen LogP contribution in [0, 0.1) is 5.82 Å². The Morgan fingerprint density at radius 2 is 1.85 bits per heavy atom. The van der Waals surface area contributed by atoms with E-state index in [2.05, 4.69) is 29.3 Å². The summed E-state index contributed by atoms with van der Waals surface area (Å²) in [5.74, 6) is -1.28. The van der Waals surface area contributed by atoms with Gasteiger partial charge in [0, 0.05) is 24.8 Å². The number of aromatic nitrogens is 2. The number of rotatable bonds is 7. The quantitative estimate of drug-likeness (QED) is 0.344. The topological polar surface area (TPSA) is 66.3 Å². The lowest BCUT2D eigenvalue weighted by Crippen LogP contribution is -2.21. The van der Waals surface area contributed by atoms with Crippen LogP contribution in [0.25, 0.3) is 20.9 Å². The minimum absolute atomic E-state index is 0. The van der Waals surface area contributed by atoms with Crippen LogP contribution in [0.4, 0.5) is 10.1 Å². The van der Waals surface area contributed by atoms with E-state index in [-0.39, 0.29) is 24.2 Å². The zero-order valence-electron chi connectivity index (χ0n) is 17.7. The molecule has 2 aromatic carbocycles. The molecule has 2 heterocycles. The van der Waals surface area contributed by atoms with E-state index in [9.17, 15) is 9.18 Å². The Kier molecular flexibility index (Phi) is 6.19. The molecule has 5 rings (SSSR count). The van der Waals surface area contributed by atoms with Gasteiger partial charge < -0.3 is 10.0 Å². The van der Waals surface area contributed by atoms with Crippen molar-refractivity contribution in [3.05, 3.63) is 89.9 Å². The van der Waals surface area contributed by atoms with Crippen LogP contribution in [-0.2, 0) is 10.2 Å². The number of hydrogen-bond donors (Lipinski definition) is 1. The Morgan fingerprint density at radius 3 is 2.52 bits per heavy atom. The molecular weight excluding hydrogens is 461 g/mol. The Balaban J connectivity index is 0.00000259. The van der Waals surface area contributed by atoms with Crippen LogP contribution in [0.5, 0.6) is 0 Å². The molecule has 5 nitrogen and oxygen atoms in total. The first-order valence-electron chi connectivity index (χ1n) is 10.2. The summed E-state index contributed by atoms with van der Waals surface area (Å²) in [6, 6.07) is 19.0. The molecule has 1 N–H and O–H groups in total. The van der Waals surface area contributed by atoms with Gasteiger partial charge in [-0.15, -0.1) is 12.4 Å². The summed E-state index contributed by atoms with van der Waals surface area (Å²) in [4.78, 5) is 22.7. The van der Waals surface area contributed by atoms with Gasteiger partial charge in [0.1, 0.15) is 21.2 Å². The fourth-order valence-corrected chi connectivity index (χ4v) is 4.74. The molecule has 0 radical (unpaired) electrons. The average Bonchev–Trinajstić information content (AvgIpc) is 3.50. The Bertz CT molecular complexity index is 1350. The number of halogens is 2. The zero-order valence-corrected chi connectivity index (χ0v) is 19.4. The molecule has 1 aliphatic rings. The average molecular weight is 482 g/mol. The molecule has 4 aromatic rings. The van der Waals surface area contributed by atoms with Gasteiger partial charge in [0.15, 0.2) is 0 Å². The molecule has 0 spiro atoms. The van der Waals surface area contributed by atoms with Gasteiger partial charge >= 0.3 is 5.97 Å². The Labute approximate surface area is 200 Å². The minimum Gasteiger partial charge on any atom is -0.481 e. The van der Waals surface area contributed by atoms with Gasteiger partial charge in [-0.1, -0.05) is 53.8 Å². The third-order valence-corrected chi connectivity index (χ3v) is 6.71. The van der Waals surface area contributed by atoms with E-state index in [1.165, 1.54) is 23.0 Å². The molecule has 0 saturated heterocycles. The number of hydrogen-bond acceptors (Lipinski definition) is 5. The molecule has 0 bridgehead atoms. The van der Waals surface area contributed by atoms with E-state index in [4.69, 9.17) is 10.1 Å². The summed E-state index contributed by atoms with van der Waals surface area (Å²) in [5, 5.41) is 9.42. The van der Waals surface area contributed by atoms with Crippen molar-refractivity contribution in [2.24, 2.45) is 0 Å². The van der Waals surface area contributed by atoms with E-state index in [0.29, 0.717) is 22.8 Å². The van der Waals surface area contributed by atoms with Crippen molar-refractivity contribution in [3.8, 4) is 10.6 Å². The SMILES string of the molecule is CN(CCC(=O)O)c1ccc(-c2nc3ccc(C4(c5ccccc5)C=C4)nc3s2)c(F)c1.Cl. The van der Waals surface area contributed by atoms with Crippen LogP contribution >= 0.6 is 23.7 Å². The van der Waals surface area contributed by atoms with Gasteiger partial charge in [0.05, 0.1) is 17.5 Å². The van der Waals surface area contributed by atoms with Crippen LogP contribution < -0.4 is 4.90 Å². The molecule has 8 heteroatoms. The summed E-state index contributed by atoms with van der Waals surface area (Å²) in [6.07, 6.45) is 4.26. The molecule has 0 saturated carbocycles. The normalized spacial score (nSPS) is 13.5. The van der Waals surface area contributed by atoms with Crippen molar-refractivity contribution in [2.75, 3.05) is 18.5 Å². The van der Waals surface area contributed by atoms with E-state index in [0.717, 1.165) is 16.0 Å². The Hall–Kier alpha value is -3.29. The number of aliphatic carboxylic acids is 1. The van der Waals surface area contributed by atoms with Crippen LogP contribution in [0.3, 0.4) is 0 Å². The number of carbonyl (C=O) groups is 1. The van der Waals surface area contributed by atoms with Crippen molar-refractivity contribution in [3.63, 3.8) is 0 Å². The monoisotopic (exact) mass is 481 g/mol. The molecule has 0 unspecified atom stereocenters. The molecule has 0 aliphatic heterocycles. The van der Waals surface area contributed by atoms with Crippen molar-refractivity contribution in [1.82, 2.24) is 9.97 Å². The van der Waals surface area contributed by atoms with Crippen LogP contribution in [-0.4, -0.2) is 34.6 Å². The largest absolute Gasteiger partial charge is 0.481 e. The Morgan fingerprint density at radius 1 is 1.09 bits per heavy atom. The molecule has 2 aromatic heterocycles. The fraction of sp³-hybridized carbons (Fsp3) is 0.160. The molecule has 1 aliphatic carbocycles.